The largest absolute Gasteiger partial charge is 0.395 e. The zero-order chi connectivity index (χ0) is 13.7. The molecule has 0 saturated carbocycles. The Morgan fingerprint density at radius 3 is 2.89 bits per heavy atom. The molecule has 2 N–H and O–H groups in total. The first-order valence-corrected chi connectivity index (χ1v) is 7.36. The molecule has 1 aliphatic heterocycles. The van der Waals surface area contributed by atoms with Crippen LogP contribution in [-0.4, -0.2) is 48.8 Å². The molecule has 19 heavy (non-hydrogen) atoms. The molecule has 2 atom stereocenters. The molecule has 1 fully saturated rings. The Hall–Kier alpha value is -0.900. The molecule has 0 radical (unpaired) electrons. The number of hydrogen-bond donors (Lipinski definition) is 2. The number of benzene rings is 1. The third-order valence-electron chi connectivity index (χ3n) is 4.03. The number of rotatable bonds is 5. The highest BCUT2D eigenvalue weighted by molar-refractivity contribution is 5.26. The molecule has 1 aromatic rings. The molecule has 0 bridgehead atoms. The van der Waals surface area contributed by atoms with Gasteiger partial charge in [-0.2, -0.15) is 0 Å². The van der Waals surface area contributed by atoms with Crippen LogP contribution in [0.1, 0.15) is 30.4 Å². The lowest BCUT2D eigenvalue weighted by Gasteiger charge is -2.38. The van der Waals surface area contributed by atoms with E-state index in [-0.39, 0.29) is 6.61 Å². The molecule has 106 valence electrons. The van der Waals surface area contributed by atoms with Crippen LogP contribution in [0.15, 0.2) is 24.3 Å². The van der Waals surface area contributed by atoms with Gasteiger partial charge in [0.05, 0.1) is 6.61 Å². The number of piperidine rings is 1. The average Bonchev–Trinajstić information content (AvgIpc) is 2.44. The maximum absolute atomic E-state index is 8.96. The van der Waals surface area contributed by atoms with Crippen molar-refractivity contribution in [2.45, 2.75) is 32.2 Å². The van der Waals surface area contributed by atoms with Crippen molar-refractivity contribution in [2.75, 3.05) is 32.8 Å². The van der Waals surface area contributed by atoms with Crippen LogP contribution in [0.3, 0.4) is 0 Å². The molecule has 0 aromatic heterocycles. The molecule has 3 heteroatoms. The topological polar surface area (TPSA) is 35.5 Å². The highest BCUT2D eigenvalue weighted by Crippen LogP contribution is 2.27. The Balaban J connectivity index is 2.06. The monoisotopic (exact) mass is 262 g/mol. The number of nitrogens with one attached hydrogen (secondary N) is 1. The summed E-state index contributed by atoms with van der Waals surface area (Å²) < 4.78 is 0. The van der Waals surface area contributed by atoms with Gasteiger partial charge < -0.3 is 15.3 Å². The van der Waals surface area contributed by atoms with Gasteiger partial charge in [-0.15, -0.1) is 0 Å². The highest BCUT2D eigenvalue weighted by atomic mass is 16.3. The lowest BCUT2D eigenvalue weighted by Crippen LogP contribution is -2.49. The molecule has 1 saturated heterocycles. The van der Waals surface area contributed by atoms with Gasteiger partial charge in [0.15, 0.2) is 0 Å². The number of aryl methyl sites for hydroxylation is 1. The Labute approximate surface area is 116 Å². The summed E-state index contributed by atoms with van der Waals surface area (Å²) in [5.41, 5.74) is 2.79. The normalized spacial score (nSPS) is 24.6. The second-order valence-electron chi connectivity index (χ2n) is 5.57. The second-order valence-corrected chi connectivity index (χ2v) is 5.57. The van der Waals surface area contributed by atoms with Gasteiger partial charge in [-0.25, -0.2) is 0 Å². The SMILES string of the molecule is CCN1CC(NCCO)CC(c2cccc(C)c2)C1. The lowest BCUT2D eigenvalue weighted by atomic mass is 9.87. The summed E-state index contributed by atoms with van der Waals surface area (Å²) in [6.07, 6.45) is 1.17. The first-order valence-electron chi connectivity index (χ1n) is 7.36. The first kappa shape index (κ1) is 14.5. The van der Waals surface area contributed by atoms with Crippen LogP contribution in [0.4, 0.5) is 0 Å². The predicted molar refractivity (Wildman–Crippen MR) is 79.5 cm³/mol. The van der Waals surface area contributed by atoms with Gasteiger partial charge in [-0.1, -0.05) is 36.8 Å². The van der Waals surface area contributed by atoms with Gasteiger partial charge in [-0.3, -0.25) is 0 Å². The Morgan fingerprint density at radius 1 is 1.37 bits per heavy atom. The Morgan fingerprint density at radius 2 is 2.21 bits per heavy atom. The molecule has 0 amide bonds. The summed E-state index contributed by atoms with van der Waals surface area (Å²) in [5, 5.41) is 12.4. The van der Waals surface area contributed by atoms with Gasteiger partial charge in [0.1, 0.15) is 0 Å². The maximum atomic E-state index is 8.96. The van der Waals surface area contributed by atoms with E-state index in [0.29, 0.717) is 18.5 Å². The average molecular weight is 262 g/mol. The number of aliphatic hydroxyl groups is 1. The highest BCUT2D eigenvalue weighted by Gasteiger charge is 2.26. The molecular weight excluding hydrogens is 236 g/mol. The summed E-state index contributed by atoms with van der Waals surface area (Å²) in [4.78, 5) is 2.51. The first-order chi connectivity index (χ1) is 9.22. The Kier molecular flexibility index (Phi) is 5.37. The summed E-state index contributed by atoms with van der Waals surface area (Å²) in [7, 11) is 0. The fourth-order valence-corrected chi connectivity index (χ4v) is 3.03. The number of nitrogens with zero attached hydrogens (tertiary/aromatic N) is 1. The van der Waals surface area contributed by atoms with E-state index in [1.807, 2.05) is 0 Å². The number of aliphatic hydroxyl groups excluding tert-OH is 1. The second kappa shape index (κ2) is 7.04. The molecule has 3 nitrogen and oxygen atoms in total. The van der Waals surface area contributed by atoms with E-state index >= 15 is 0 Å². The van der Waals surface area contributed by atoms with Crippen molar-refractivity contribution in [3.05, 3.63) is 35.4 Å². The lowest BCUT2D eigenvalue weighted by molar-refractivity contribution is 0.172. The van der Waals surface area contributed by atoms with E-state index in [2.05, 4.69) is 48.3 Å². The van der Waals surface area contributed by atoms with Crippen LogP contribution in [0.5, 0.6) is 0 Å². The fourth-order valence-electron chi connectivity index (χ4n) is 3.03. The smallest absolute Gasteiger partial charge is 0.0556 e. The van der Waals surface area contributed by atoms with Gasteiger partial charge >= 0.3 is 0 Å². The predicted octanol–water partition coefficient (Wildman–Crippen LogP) is 1.75. The van der Waals surface area contributed by atoms with Gasteiger partial charge in [0.25, 0.3) is 0 Å². The number of hydrogen-bond acceptors (Lipinski definition) is 3. The number of likely N-dealkylation sites (tertiary alicyclic amines) is 1. The van der Waals surface area contributed by atoms with Crippen LogP contribution in [-0.2, 0) is 0 Å². The third kappa shape index (κ3) is 4.03. The molecule has 0 spiro atoms. The van der Waals surface area contributed by atoms with E-state index in [1.165, 1.54) is 17.5 Å². The summed E-state index contributed by atoms with van der Waals surface area (Å²) >= 11 is 0. The minimum Gasteiger partial charge on any atom is -0.395 e. The standard InChI is InChI=1S/C16H26N2O/c1-3-18-11-15(10-16(12-18)17-7-8-19)14-6-4-5-13(2)9-14/h4-6,9,15-17,19H,3,7-8,10-12H2,1-2H3. The minimum atomic E-state index is 0.220. The van der Waals surface area contributed by atoms with Crippen molar-refractivity contribution < 1.29 is 5.11 Å². The zero-order valence-corrected chi connectivity index (χ0v) is 12.1. The van der Waals surface area contributed by atoms with Crippen LogP contribution in [0.25, 0.3) is 0 Å². The molecular formula is C16H26N2O. The number of likely N-dealkylation sites (N-methyl/N-ethyl adjacent to an activating group) is 1. The van der Waals surface area contributed by atoms with E-state index in [4.69, 9.17) is 5.11 Å². The van der Waals surface area contributed by atoms with Crippen LogP contribution < -0.4 is 5.32 Å². The van der Waals surface area contributed by atoms with Crippen molar-refractivity contribution in [2.24, 2.45) is 0 Å². The maximum Gasteiger partial charge on any atom is 0.0556 e. The van der Waals surface area contributed by atoms with Crippen molar-refractivity contribution in [3.63, 3.8) is 0 Å². The Bertz CT molecular complexity index is 394. The molecule has 2 rings (SSSR count). The van der Waals surface area contributed by atoms with Crippen LogP contribution in [0, 0.1) is 6.92 Å². The van der Waals surface area contributed by atoms with E-state index in [0.717, 1.165) is 19.6 Å². The van der Waals surface area contributed by atoms with Crippen molar-refractivity contribution in [3.8, 4) is 0 Å². The third-order valence-corrected chi connectivity index (χ3v) is 4.03. The van der Waals surface area contributed by atoms with Gasteiger partial charge in [0.2, 0.25) is 0 Å². The van der Waals surface area contributed by atoms with E-state index in [1.54, 1.807) is 0 Å². The molecule has 2 unspecified atom stereocenters. The van der Waals surface area contributed by atoms with E-state index in [9.17, 15) is 0 Å². The van der Waals surface area contributed by atoms with Crippen molar-refractivity contribution in [1.29, 1.82) is 0 Å². The molecule has 1 heterocycles. The van der Waals surface area contributed by atoms with Crippen LogP contribution in [0.2, 0.25) is 0 Å². The summed E-state index contributed by atoms with van der Waals surface area (Å²) in [6, 6.07) is 9.37. The van der Waals surface area contributed by atoms with Crippen LogP contribution >= 0.6 is 0 Å². The molecule has 1 aliphatic rings. The van der Waals surface area contributed by atoms with Gasteiger partial charge in [-0.05, 0) is 31.4 Å². The van der Waals surface area contributed by atoms with Crippen molar-refractivity contribution >= 4 is 0 Å². The van der Waals surface area contributed by atoms with Gasteiger partial charge in [0, 0.05) is 25.7 Å². The fraction of sp³-hybridized carbons (Fsp3) is 0.625. The summed E-state index contributed by atoms with van der Waals surface area (Å²) in [5.74, 6) is 0.602. The molecule has 0 aliphatic carbocycles. The van der Waals surface area contributed by atoms with Crippen molar-refractivity contribution in [1.82, 2.24) is 10.2 Å². The minimum absolute atomic E-state index is 0.220. The molecule has 1 aromatic carbocycles. The zero-order valence-electron chi connectivity index (χ0n) is 12.1. The van der Waals surface area contributed by atoms with E-state index < -0.39 is 0 Å². The quantitative estimate of drug-likeness (QED) is 0.849. The summed E-state index contributed by atoms with van der Waals surface area (Å²) in [6.45, 7) is 8.64.